The zero-order valence-electron chi connectivity index (χ0n) is 3.35. The number of hydrogen-bond donors (Lipinski definition) is 1. The number of rotatable bonds is 1. The van der Waals surface area contributed by atoms with E-state index >= 15 is 0 Å². The summed E-state index contributed by atoms with van der Waals surface area (Å²) in [5, 5.41) is 0. The van der Waals surface area contributed by atoms with Crippen molar-refractivity contribution in [2.45, 2.75) is 13.3 Å². The van der Waals surface area contributed by atoms with Gasteiger partial charge in [-0.05, 0) is 13.0 Å². The third-order valence-corrected chi connectivity index (χ3v) is 0.289. The Morgan fingerprint density at radius 3 is 1.80 bits per heavy atom. The van der Waals surface area contributed by atoms with Crippen LogP contribution in [-0.2, 0) is 0 Å². The minimum atomic E-state index is 0. The van der Waals surface area contributed by atoms with Gasteiger partial charge in [-0.15, -0.1) is 0 Å². The smallest absolute Gasteiger partial charge is 0 e. The van der Waals surface area contributed by atoms with E-state index in [1.54, 1.807) is 0 Å². The maximum Gasteiger partial charge on any atom is 0 e. The second-order valence-corrected chi connectivity index (χ2v) is 0.789. The molecule has 0 spiro atoms. The molecule has 1 nitrogen and oxygen atoms in total. The second-order valence-electron chi connectivity index (χ2n) is 0.789. The summed E-state index contributed by atoms with van der Waals surface area (Å²) >= 11 is 0. The van der Waals surface area contributed by atoms with Crippen LogP contribution in [0.3, 0.4) is 0 Å². The monoisotopic (exact) mass is 99.0 g/mol. The van der Waals surface area contributed by atoms with E-state index in [-0.39, 0.29) is 37.7 Å². The first-order valence-corrected chi connectivity index (χ1v) is 1.62. The van der Waals surface area contributed by atoms with Crippen molar-refractivity contribution in [3.05, 3.63) is 0 Å². The van der Waals surface area contributed by atoms with E-state index in [1.165, 1.54) is 0 Å². The van der Waals surface area contributed by atoms with Crippen molar-refractivity contribution >= 4 is 0 Å². The summed E-state index contributed by atoms with van der Waals surface area (Å²) in [7, 11) is 0. The first-order valence-electron chi connectivity index (χ1n) is 1.62. The normalized spacial score (nSPS) is 6.00. The molecule has 0 aromatic rings. The van der Waals surface area contributed by atoms with Crippen molar-refractivity contribution in [3.63, 3.8) is 0 Å². The standard InChI is InChI=1S/C3H9N.Ar/c1-2-3-4;/h2-4H2,1H3;. The molecule has 0 unspecified atom stereocenters. The van der Waals surface area contributed by atoms with Crippen LogP contribution in [0, 0.1) is 37.7 Å². The predicted octanol–water partition coefficient (Wildman–Crippen LogP) is 0.355. The zero-order valence-corrected chi connectivity index (χ0v) is 4.05. The molecule has 2 heteroatoms. The van der Waals surface area contributed by atoms with Gasteiger partial charge in [-0.3, -0.25) is 0 Å². The van der Waals surface area contributed by atoms with Crippen LogP contribution < -0.4 is 5.73 Å². The maximum absolute atomic E-state index is 5.03. The van der Waals surface area contributed by atoms with Crippen LogP contribution in [0.25, 0.3) is 0 Å². The molecule has 0 radical (unpaired) electrons. The molecule has 0 aliphatic heterocycles. The average molecular weight is 99.1 g/mol. The molecule has 0 bridgehead atoms. The third kappa shape index (κ3) is 11.0. The Kier molecular flexibility index (Phi) is 17.1. The van der Waals surface area contributed by atoms with E-state index in [2.05, 4.69) is 6.92 Å². The van der Waals surface area contributed by atoms with Gasteiger partial charge >= 0.3 is 0 Å². The maximum atomic E-state index is 5.03. The van der Waals surface area contributed by atoms with Crippen LogP contribution in [0.5, 0.6) is 0 Å². The molecule has 0 saturated carbocycles. The minimum Gasteiger partial charge on any atom is -0.330 e. The summed E-state index contributed by atoms with van der Waals surface area (Å²) in [6.07, 6.45) is 1.10. The Bertz CT molecular complexity index is 8.85. The Labute approximate surface area is 62.9 Å². The quantitative estimate of drug-likeness (QED) is 0.504. The molecule has 0 aliphatic rings. The summed E-state index contributed by atoms with van der Waals surface area (Å²) in [5.74, 6) is 0. The van der Waals surface area contributed by atoms with E-state index in [9.17, 15) is 0 Å². The predicted molar refractivity (Wildman–Crippen MR) is 19.3 cm³/mol. The van der Waals surface area contributed by atoms with Crippen LogP contribution in [-0.4, -0.2) is 6.54 Å². The largest absolute Gasteiger partial charge is 0.330 e. The first kappa shape index (κ1) is 9.52. The van der Waals surface area contributed by atoms with E-state index in [1.807, 2.05) is 0 Å². The van der Waals surface area contributed by atoms with E-state index in [4.69, 9.17) is 5.73 Å². The van der Waals surface area contributed by atoms with Gasteiger partial charge < -0.3 is 5.73 Å². The number of nitrogens with two attached hydrogens (primary N) is 1. The summed E-state index contributed by atoms with van der Waals surface area (Å²) in [5.41, 5.74) is 5.03. The average Bonchev–Trinajstić information content (AvgIpc) is 1.37. The van der Waals surface area contributed by atoms with Crippen LogP contribution in [0.4, 0.5) is 0 Å². The summed E-state index contributed by atoms with van der Waals surface area (Å²) in [4.78, 5) is 0. The van der Waals surface area contributed by atoms with Gasteiger partial charge in [0, 0.05) is 37.7 Å². The Hall–Kier alpha value is 1.22. The van der Waals surface area contributed by atoms with Crippen LogP contribution in [0.15, 0.2) is 0 Å². The molecule has 0 heterocycles. The van der Waals surface area contributed by atoms with Crippen molar-refractivity contribution in [2.75, 3.05) is 6.54 Å². The van der Waals surface area contributed by atoms with Gasteiger partial charge in [-0.1, -0.05) is 6.92 Å². The van der Waals surface area contributed by atoms with Gasteiger partial charge in [-0.25, -0.2) is 0 Å². The van der Waals surface area contributed by atoms with Gasteiger partial charge in [0.15, 0.2) is 0 Å². The van der Waals surface area contributed by atoms with E-state index in [0.29, 0.717) is 0 Å². The zero-order chi connectivity index (χ0) is 3.41. The van der Waals surface area contributed by atoms with Crippen molar-refractivity contribution < 1.29 is 37.7 Å². The molecule has 2 N–H and O–H groups in total. The molecular weight excluding hydrogens is 90.0 g/mol. The van der Waals surface area contributed by atoms with Gasteiger partial charge in [0.1, 0.15) is 0 Å². The molecule has 0 rings (SSSR count). The molecule has 0 atom stereocenters. The topological polar surface area (TPSA) is 26.0 Å². The van der Waals surface area contributed by atoms with Gasteiger partial charge in [0.05, 0.1) is 0 Å². The molecule has 0 amide bonds. The fourth-order valence-electron chi connectivity index (χ4n) is 0. The van der Waals surface area contributed by atoms with Crippen LogP contribution in [0.1, 0.15) is 13.3 Å². The molecule has 34 valence electrons. The van der Waals surface area contributed by atoms with Crippen LogP contribution in [0.2, 0.25) is 0 Å². The molecule has 0 aromatic heterocycles. The van der Waals surface area contributed by atoms with E-state index in [0.717, 1.165) is 13.0 Å². The first-order chi connectivity index (χ1) is 1.91. The fraction of sp³-hybridized carbons (Fsp3) is 1.00. The fourth-order valence-corrected chi connectivity index (χ4v) is 0. The Morgan fingerprint density at radius 1 is 1.60 bits per heavy atom. The van der Waals surface area contributed by atoms with Crippen molar-refractivity contribution in [1.29, 1.82) is 0 Å². The molecular formula is C3H9ArN. The summed E-state index contributed by atoms with van der Waals surface area (Å²) < 4.78 is 0. The van der Waals surface area contributed by atoms with E-state index < -0.39 is 0 Å². The van der Waals surface area contributed by atoms with Gasteiger partial charge in [-0.2, -0.15) is 0 Å². The van der Waals surface area contributed by atoms with Crippen molar-refractivity contribution in [2.24, 2.45) is 5.73 Å². The Balaban J connectivity index is 0. The molecule has 5 heavy (non-hydrogen) atoms. The van der Waals surface area contributed by atoms with Crippen molar-refractivity contribution in [3.8, 4) is 0 Å². The third-order valence-electron chi connectivity index (χ3n) is 0.289. The number of hydrogen-bond acceptors (Lipinski definition) is 1. The van der Waals surface area contributed by atoms with Crippen LogP contribution >= 0.6 is 0 Å². The summed E-state index contributed by atoms with van der Waals surface area (Å²) in [6.45, 7) is 2.88. The Morgan fingerprint density at radius 2 is 1.80 bits per heavy atom. The molecule has 0 aromatic carbocycles. The summed E-state index contributed by atoms with van der Waals surface area (Å²) in [6, 6.07) is 0. The molecule has 0 aliphatic carbocycles. The van der Waals surface area contributed by atoms with Gasteiger partial charge in [0.25, 0.3) is 0 Å². The second kappa shape index (κ2) is 8.97. The van der Waals surface area contributed by atoms with Crippen molar-refractivity contribution in [1.82, 2.24) is 0 Å². The molecule has 0 fully saturated rings. The van der Waals surface area contributed by atoms with Gasteiger partial charge in [0.2, 0.25) is 0 Å². The SMILES string of the molecule is CCCN.[Ar]. The molecule has 0 saturated heterocycles. The minimum absolute atomic E-state index is 0.